The van der Waals surface area contributed by atoms with Gasteiger partial charge in [0.25, 0.3) is 0 Å². The standard InChI is InChI=1S/C14H23NO/c1-15-12-14(9-6-10-16-2)11-13-7-4-3-5-8-13/h3-5,7-8,14-15H,6,9-12H2,1-2H3. The number of hydrogen-bond donors (Lipinski definition) is 1. The highest BCUT2D eigenvalue weighted by Gasteiger charge is 2.08. The van der Waals surface area contributed by atoms with Gasteiger partial charge in [-0.3, -0.25) is 0 Å². The van der Waals surface area contributed by atoms with Crippen molar-refractivity contribution in [1.29, 1.82) is 0 Å². The second kappa shape index (κ2) is 8.31. The minimum Gasteiger partial charge on any atom is -0.385 e. The van der Waals surface area contributed by atoms with Crippen LogP contribution in [0.15, 0.2) is 30.3 Å². The molecular weight excluding hydrogens is 198 g/mol. The molecule has 2 heteroatoms. The van der Waals surface area contributed by atoms with Crippen molar-refractivity contribution in [3.8, 4) is 0 Å². The Kier molecular flexibility index (Phi) is 6.86. The van der Waals surface area contributed by atoms with Crippen LogP contribution in [0.25, 0.3) is 0 Å². The normalized spacial score (nSPS) is 12.6. The number of ether oxygens (including phenoxy) is 1. The van der Waals surface area contributed by atoms with Gasteiger partial charge < -0.3 is 10.1 Å². The molecule has 1 N–H and O–H groups in total. The van der Waals surface area contributed by atoms with Crippen molar-refractivity contribution in [3.05, 3.63) is 35.9 Å². The molecule has 16 heavy (non-hydrogen) atoms. The number of nitrogens with one attached hydrogen (secondary N) is 1. The van der Waals surface area contributed by atoms with Crippen LogP contribution in [0.2, 0.25) is 0 Å². The third-order valence-corrected chi connectivity index (χ3v) is 2.82. The summed E-state index contributed by atoms with van der Waals surface area (Å²) in [6.07, 6.45) is 3.53. The molecular formula is C14H23NO. The Labute approximate surface area is 99.0 Å². The molecule has 0 aliphatic heterocycles. The van der Waals surface area contributed by atoms with Gasteiger partial charge in [-0.15, -0.1) is 0 Å². The molecule has 1 rings (SSSR count). The van der Waals surface area contributed by atoms with Crippen LogP contribution in [0.5, 0.6) is 0 Å². The molecule has 0 spiro atoms. The first-order valence-electron chi connectivity index (χ1n) is 6.04. The van der Waals surface area contributed by atoms with E-state index in [2.05, 4.69) is 35.6 Å². The third kappa shape index (κ3) is 5.29. The number of benzene rings is 1. The molecule has 0 fully saturated rings. The van der Waals surface area contributed by atoms with Gasteiger partial charge in [0.05, 0.1) is 0 Å². The highest BCUT2D eigenvalue weighted by molar-refractivity contribution is 5.15. The summed E-state index contributed by atoms with van der Waals surface area (Å²) in [5, 5.41) is 3.27. The predicted octanol–water partition coefficient (Wildman–Crippen LogP) is 2.49. The maximum Gasteiger partial charge on any atom is 0.0462 e. The monoisotopic (exact) mass is 221 g/mol. The summed E-state index contributed by atoms with van der Waals surface area (Å²) >= 11 is 0. The van der Waals surface area contributed by atoms with Crippen LogP contribution in [0, 0.1) is 5.92 Å². The van der Waals surface area contributed by atoms with Gasteiger partial charge in [0, 0.05) is 13.7 Å². The molecule has 0 aliphatic rings. The van der Waals surface area contributed by atoms with Gasteiger partial charge in [-0.05, 0) is 44.3 Å². The maximum absolute atomic E-state index is 5.10. The molecule has 90 valence electrons. The Bertz CT molecular complexity index is 261. The van der Waals surface area contributed by atoms with Crippen LogP contribution in [0.4, 0.5) is 0 Å². The quantitative estimate of drug-likeness (QED) is 0.681. The molecule has 0 saturated carbocycles. The predicted molar refractivity (Wildman–Crippen MR) is 68.7 cm³/mol. The minimum absolute atomic E-state index is 0.711. The first-order valence-corrected chi connectivity index (χ1v) is 6.04. The molecule has 0 amide bonds. The molecule has 0 aromatic heterocycles. The van der Waals surface area contributed by atoms with Gasteiger partial charge in [-0.25, -0.2) is 0 Å². The third-order valence-electron chi connectivity index (χ3n) is 2.82. The molecule has 1 atom stereocenters. The minimum atomic E-state index is 0.711. The summed E-state index contributed by atoms with van der Waals surface area (Å²) in [6.45, 7) is 1.95. The van der Waals surface area contributed by atoms with E-state index in [4.69, 9.17) is 4.74 Å². The molecule has 0 saturated heterocycles. The maximum atomic E-state index is 5.10. The van der Waals surface area contributed by atoms with Crippen LogP contribution in [0.1, 0.15) is 18.4 Å². The summed E-state index contributed by atoms with van der Waals surface area (Å²) in [5.74, 6) is 0.711. The van der Waals surface area contributed by atoms with Crippen LogP contribution in [-0.2, 0) is 11.2 Å². The van der Waals surface area contributed by atoms with Crippen LogP contribution in [-0.4, -0.2) is 27.3 Å². The Hall–Kier alpha value is -0.860. The lowest BCUT2D eigenvalue weighted by Crippen LogP contribution is -2.21. The van der Waals surface area contributed by atoms with E-state index in [-0.39, 0.29) is 0 Å². The lowest BCUT2D eigenvalue weighted by molar-refractivity contribution is 0.186. The molecule has 0 aliphatic carbocycles. The van der Waals surface area contributed by atoms with Crippen molar-refractivity contribution in [2.75, 3.05) is 27.3 Å². The zero-order chi connectivity index (χ0) is 11.6. The van der Waals surface area contributed by atoms with Gasteiger partial charge in [0.1, 0.15) is 0 Å². The Morgan fingerprint density at radius 1 is 1.25 bits per heavy atom. The van der Waals surface area contributed by atoms with Crippen molar-refractivity contribution >= 4 is 0 Å². The van der Waals surface area contributed by atoms with E-state index in [1.807, 2.05) is 7.05 Å². The van der Waals surface area contributed by atoms with Gasteiger partial charge in [-0.2, -0.15) is 0 Å². The molecule has 2 nitrogen and oxygen atoms in total. The number of methoxy groups -OCH3 is 1. The van der Waals surface area contributed by atoms with E-state index in [1.165, 1.54) is 12.0 Å². The topological polar surface area (TPSA) is 21.3 Å². The van der Waals surface area contributed by atoms with Crippen molar-refractivity contribution < 1.29 is 4.74 Å². The van der Waals surface area contributed by atoms with E-state index in [0.29, 0.717) is 5.92 Å². The van der Waals surface area contributed by atoms with Gasteiger partial charge in [0.2, 0.25) is 0 Å². The van der Waals surface area contributed by atoms with Crippen molar-refractivity contribution in [2.24, 2.45) is 5.92 Å². The molecule has 1 aromatic rings. The van der Waals surface area contributed by atoms with Crippen molar-refractivity contribution in [2.45, 2.75) is 19.3 Å². The number of hydrogen-bond acceptors (Lipinski definition) is 2. The largest absolute Gasteiger partial charge is 0.385 e. The van der Waals surface area contributed by atoms with Crippen LogP contribution < -0.4 is 5.32 Å². The van der Waals surface area contributed by atoms with E-state index < -0.39 is 0 Å². The summed E-state index contributed by atoms with van der Waals surface area (Å²) < 4.78 is 5.10. The average molecular weight is 221 g/mol. The SMILES string of the molecule is CNCC(CCCOC)Cc1ccccc1. The fraction of sp³-hybridized carbons (Fsp3) is 0.571. The van der Waals surface area contributed by atoms with Gasteiger partial charge >= 0.3 is 0 Å². The Balaban J connectivity index is 2.38. The lowest BCUT2D eigenvalue weighted by Gasteiger charge is -2.16. The van der Waals surface area contributed by atoms with Crippen molar-refractivity contribution in [1.82, 2.24) is 5.32 Å². The first-order chi connectivity index (χ1) is 7.86. The highest BCUT2D eigenvalue weighted by Crippen LogP contribution is 2.13. The van der Waals surface area contributed by atoms with E-state index in [0.717, 1.165) is 26.0 Å². The summed E-state index contributed by atoms with van der Waals surface area (Å²) in [6, 6.07) is 10.7. The second-order valence-electron chi connectivity index (χ2n) is 4.25. The molecule has 1 aromatic carbocycles. The first kappa shape index (κ1) is 13.2. The molecule has 0 heterocycles. The highest BCUT2D eigenvalue weighted by atomic mass is 16.5. The fourth-order valence-corrected chi connectivity index (χ4v) is 2.03. The fourth-order valence-electron chi connectivity index (χ4n) is 2.03. The summed E-state index contributed by atoms with van der Waals surface area (Å²) in [7, 11) is 3.79. The smallest absolute Gasteiger partial charge is 0.0462 e. The van der Waals surface area contributed by atoms with E-state index >= 15 is 0 Å². The second-order valence-corrected chi connectivity index (χ2v) is 4.25. The molecule has 0 bridgehead atoms. The Morgan fingerprint density at radius 2 is 2.00 bits per heavy atom. The zero-order valence-electron chi connectivity index (χ0n) is 10.4. The Morgan fingerprint density at radius 3 is 2.62 bits per heavy atom. The van der Waals surface area contributed by atoms with Gasteiger partial charge in [0.15, 0.2) is 0 Å². The van der Waals surface area contributed by atoms with Gasteiger partial charge in [-0.1, -0.05) is 30.3 Å². The zero-order valence-corrected chi connectivity index (χ0v) is 10.4. The lowest BCUT2D eigenvalue weighted by atomic mass is 9.95. The van der Waals surface area contributed by atoms with Crippen LogP contribution >= 0.6 is 0 Å². The molecule has 1 unspecified atom stereocenters. The van der Waals surface area contributed by atoms with E-state index in [1.54, 1.807) is 7.11 Å². The van der Waals surface area contributed by atoms with E-state index in [9.17, 15) is 0 Å². The van der Waals surface area contributed by atoms with Crippen molar-refractivity contribution in [3.63, 3.8) is 0 Å². The average Bonchev–Trinajstić information content (AvgIpc) is 2.31. The summed E-state index contributed by atoms with van der Waals surface area (Å²) in [5.41, 5.74) is 1.43. The molecule has 0 radical (unpaired) electrons. The summed E-state index contributed by atoms with van der Waals surface area (Å²) in [4.78, 5) is 0. The number of rotatable bonds is 8. The van der Waals surface area contributed by atoms with Crippen LogP contribution in [0.3, 0.4) is 0 Å².